The Labute approximate surface area is 144 Å². The normalized spacial score (nSPS) is 10.5. The smallest absolute Gasteiger partial charge is 0.123 e. The Bertz CT molecular complexity index is 722. The number of ether oxygens (including phenoxy) is 1. The fourth-order valence-electron chi connectivity index (χ4n) is 2.49. The molecule has 2 aromatic carbocycles. The van der Waals surface area contributed by atoms with Crippen molar-refractivity contribution in [1.82, 2.24) is 0 Å². The van der Waals surface area contributed by atoms with Crippen molar-refractivity contribution in [2.24, 2.45) is 0 Å². The average Bonchev–Trinajstić information content (AvgIpc) is 2.51. The topological polar surface area (TPSA) is 21.3 Å². The highest BCUT2D eigenvalue weighted by molar-refractivity contribution is 7.80. The van der Waals surface area contributed by atoms with Crippen LogP contribution in [-0.2, 0) is 6.61 Å². The van der Waals surface area contributed by atoms with Gasteiger partial charge in [0.15, 0.2) is 0 Å². The molecule has 2 aromatic rings. The van der Waals surface area contributed by atoms with E-state index in [1.807, 2.05) is 6.07 Å². The Morgan fingerprint density at radius 3 is 2.39 bits per heavy atom. The van der Waals surface area contributed by atoms with E-state index in [0.717, 1.165) is 28.4 Å². The van der Waals surface area contributed by atoms with Crippen molar-refractivity contribution in [1.29, 1.82) is 0 Å². The quantitative estimate of drug-likeness (QED) is 0.717. The van der Waals surface area contributed by atoms with E-state index in [-0.39, 0.29) is 0 Å². The van der Waals surface area contributed by atoms with E-state index in [1.165, 1.54) is 22.3 Å². The van der Waals surface area contributed by atoms with E-state index in [4.69, 9.17) is 17.0 Å². The molecule has 0 spiro atoms. The van der Waals surface area contributed by atoms with Gasteiger partial charge in [-0.25, -0.2) is 0 Å². The Kier molecular flexibility index (Phi) is 5.78. The van der Waals surface area contributed by atoms with Gasteiger partial charge in [0.1, 0.15) is 12.4 Å². The Hall–Kier alpha value is -1.87. The van der Waals surface area contributed by atoms with Gasteiger partial charge in [-0.3, -0.25) is 0 Å². The first-order chi connectivity index (χ1) is 10.9. The van der Waals surface area contributed by atoms with Crippen molar-refractivity contribution in [3.8, 4) is 5.75 Å². The number of hydrogen-bond donors (Lipinski definition) is 1. The van der Waals surface area contributed by atoms with Gasteiger partial charge in [-0.1, -0.05) is 37.3 Å². The Morgan fingerprint density at radius 1 is 1.00 bits per heavy atom. The second kappa shape index (κ2) is 7.60. The van der Waals surface area contributed by atoms with Gasteiger partial charge in [0.25, 0.3) is 0 Å². The predicted molar refractivity (Wildman–Crippen MR) is 103 cm³/mol. The number of anilines is 1. The number of nitrogens with one attached hydrogen (secondary N) is 1. The summed E-state index contributed by atoms with van der Waals surface area (Å²) >= 11 is 5.32. The van der Waals surface area contributed by atoms with Crippen molar-refractivity contribution in [2.45, 2.75) is 47.6 Å². The maximum absolute atomic E-state index is 6.11. The molecule has 0 bridgehead atoms. The van der Waals surface area contributed by atoms with E-state index in [0.29, 0.717) is 6.61 Å². The lowest BCUT2D eigenvalue weighted by molar-refractivity contribution is 0.303. The average molecular weight is 327 g/mol. The number of hydrogen-bond acceptors (Lipinski definition) is 2. The zero-order valence-corrected chi connectivity index (χ0v) is 15.4. The van der Waals surface area contributed by atoms with Crippen molar-refractivity contribution in [3.05, 3.63) is 58.1 Å². The van der Waals surface area contributed by atoms with Crippen molar-refractivity contribution in [3.63, 3.8) is 0 Å². The van der Waals surface area contributed by atoms with Gasteiger partial charge >= 0.3 is 0 Å². The molecule has 0 atom stereocenters. The van der Waals surface area contributed by atoms with Crippen molar-refractivity contribution < 1.29 is 4.74 Å². The molecule has 0 saturated carbocycles. The van der Waals surface area contributed by atoms with Crippen LogP contribution in [0.5, 0.6) is 5.75 Å². The van der Waals surface area contributed by atoms with Gasteiger partial charge < -0.3 is 10.1 Å². The van der Waals surface area contributed by atoms with Gasteiger partial charge in [-0.05, 0) is 68.5 Å². The standard InChI is InChI=1S/C20H25NOS/c1-6-20(23)21-18-9-7-8-13(2)17(18)12-22-19-11-15(4)14(3)10-16(19)5/h7-11H,6,12H2,1-5H3,(H,21,23). The Morgan fingerprint density at radius 2 is 1.70 bits per heavy atom. The molecule has 0 heterocycles. The third kappa shape index (κ3) is 4.32. The van der Waals surface area contributed by atoms with E-state index < -0.39 is 0 Å². The summed E-state index contributed by atoms with van der Waals surface area (Å²) in [5.74, 6) is 0.945. The molecule has 0 saturated heterocycles. The third-order valence-corrected chi connectivity index (χ3v) is 4.56. The maximum Gasteiger partial charge on any atom is 0.123 e. The molecule has 2 nitrogen and oxygen atoms in total. The molecule has 23 heavy (non-hydrogen) atoms. The van der Waals surface area contributed by atoms with Crippen LogP contribution in [0, 0.1) is 27.7 Å². The van der Waals surface area contributed by atoms with Crippen LogP contribution in [0.4, 0.5) is 5.69 Å². The minimum Gasteiger partial charge on any atom is -0.489 e. The van der Waals surface area contributed by atoms with Crippen molar-refractivity contribution >= 4 is 22.9 Å². The minimum atomic E-state index is 0.532. The van der Waals surface area contributed by atoms with Gasteiger partial charge in [0.2, 0.25) is 0 Å². The van der Waals surface area contributed by atoms with Crippen LogP contribution in [0.3, 0.4) is 0 Å². The molecule has 0 aliphatic carbocycles. The highest BCUT2D eigenvalue weighted by Crippen LogP contribution is 2.26. The molecular formula is C20H25NOS. The fraction of sp³-hybridized carbons (Fsp3) is 0.350. The highest BCUT2D eigenvalue weighted by atomic mass is 32.1. The number of benzene rings is 2. The molecule has 1 N–H and O–H groups in total. The van der Waals surface area contributed by atoms with Gasteiger partial charge in [-0.2, -0.15) is 0 Å². The van der Waals surface area contributed by atoms with Crippen LogP contribution in [0.1, 0.15) is 41.2 Å². The zero-order chi connectivity index (χ0) is 17.0. The second-order valence-corrected chi connectivity index (χ2v) is 6.49. The molecule has 0 aliphatic heterocycles. The molecule has 0 radical (unpaired) electrons. The summed E-state index contributed by atoms with van der Waals surface area (Å²) in [6.45, 7) is 11.0. The molecule has 0 fully saturated rings. The molecule has 122 valence electrons. The molecule has 2 rings (SSSR count). The predicted octanol–water partition coefficient (Wildman–Crippen LogP) is 5.65. The van der Waals surface area contributed by atoms with Crippen LogP contribution in [-0.4, -0.2) is 4.99 Å². The first-order valence-corrected chi connectivity index (χ1v) is 8.42. The number of thiocarbonyl (C=S) groups is 1. The molecular weight excluding hydrogens is 302 g/mol. The molecule has 0 amide bonds. The molecule has 0 aromatic heterocycles. The summed E-state index contributed by atoms with van der Waals surface area (Å²) in [5.41, 5.74) is 7.11. The molecule has 0 unspecified atom stereocenters. The summed E-state index contributed by atoms with van der Waals surface area (Å²) in [4.78, 5) is 0.846. The first-order valence-electron chi connectivity index (χ1n) is 8.01. The van der Waals surface area contributed by atoms with E-state index >= 15 is 0 Å². The first kappa shape index (κ1) is 17.5. The van der Waals surface area contributed by atoms with Gasteiger partial charge in [0, 0.05) is 11.3 Å². The minimum absolute atomic E-state index is 0.532. The summed E-state index contributed by atoms with van der Waals surface area (Å²) in [6, 6.07) is 10.5. The number of rotatable bonds is 5. The highest BCUT2D eigenvalue weighted by Gasteiger charge is 2.09. The SMILES string of the molecule is CCC(=S)Nc1cccc(C)c1COc1cc(C)c(C)cc1C. The Balaban J connectivity index is 2.23. The van der Waals surface area contributed by atoms with E-state index in [2.05, 4.69) is 64.2 Å². The summed E-state index contributed by atoms with van der Waals surface area (Å²) in [5, 5.41) is 3.32. The summed E-state index contributed by atoms with van der Waals surface area (Å²) in [6.07, 6.45) is 0.833. The van der Waals surface area contributed by atoms with Crippen LogP contribution in [0.2, 0.25) is 0 Å². The van der Waals surface area contributed by atoms with Gasteiger partial charge in [0.05, 0.1) is 4.99 Å². The fourth-order valence-corrected chi connectivity index (χ4v) is 2.60. The largest absolute Gasteiger partial charge is 0.489 e. The summed E-state index contributed by atoms with van der Waals surface area (Å²) in [7, 11) is 0. The van der Waals surface area contributed by atoms with Crippen LogP contribution < -0.4 is 10.1 Å². The van der Waals surface area contributed by atoms with Crippen LogP contribution >= 0.6 is 12.2 Å². The molecule has 0 aliphatic rings. The van der Waals surface area contributed by atoms with E-state index in [9.17, 15) is 0 Å². The van der Waals surface area contributed by atoms with Crippen LogP contribution in [0.15, 0.2) is 30.3 Å². The zero-order valence-electron chi connectivity index (χ0n) is 14.6. The monoisotopic (exact) mass is 327 g/mol. The van der Waals surface area contributed by atoms with Gasteiger partial charge in [-0.15, -0.1) is 0 Å². The summed E-state index contributed by atoms with van der Waals surface area (Å²) < 4.78 is 6.11. The van der Waals surface area contributed by atoms with E-state index in [1.54, 1.807) is 0 Å². The second-order valence-electron chi connectivity index (χ2n) is 5.99. The third-order valence-electron chi connectivity index (χ3n) is 4.17. The maximum atomic E-state index is 6.11. The lowest BCUT2D eigenvalue weighted by atomic mass is 10.1. The van der Waals surface area contributed by atoms with Crippen molar-refractivity contribution in [2.75, 3.05) is 5.32 Å². The lowest BCUT2D eigenvalue weighted by Gasteiger charge is -2.17. The van der Waals surface area contributed by atoms with Crippen LogP contribution in [0.25, 0.3) is 0 Å². The lowest BCUT2D eigenvalue weighted by Crippen LogP contribution is -2.11. The molecule has 3 heteroatoms. The number of aryl methyl sites for hydroxylation is 4.